The van der Waals surface area contributed by atoms with Crippen molar-refractivity contribution in [3.63, 3.8) is 0 Å². The molecule has 0 unspecified atom stereocenters. The number of carboxylic acids is 3. The summed E-state index contributed by atoms with van der Waals surface area (Å²) in [4.78, 5) is 127. The molecule has 4 aromatic rings. The fourth-order valence-electron chi connectivity index (χ4n) is 6.83. The zero-order valence-corrected chi connectivity index (χ0v) is 37.9. The van der Waals surface area contributed by atoms with Gasteiger partial charge in [0.2, 0.25) is 29.5 Å². The maximum absolute atomic E-state index is 13.9. The smallest absolute Gasteiger partial charge is 0.326 e. The standard InChI is InChI=1S/C49H56N8O13/c58-40(23-21-35(47(66)67)56-49(70)57-36(48(68)69)22-24-42(60)61)53-37(27-31-13-5-1-6-14-31)44(63)51-26-25-50-41(59)30-52-45(64)38(28-32-15-7-2-8-16-32)55-46(65)39(29-33-17-9-3-10-18-33)54-43(62)34-19-11-4-12-20-34/h1-20,35-39H,21-30H2,(H,50,59)(H,51,63)(H,52,64)(H,53,58)(H,54,62)(H,55,65)(H,60,61)(H,66,67)(H,68,69)(H2,56,57,70)/t35-,36-,37-,38-,39-/m0/s1. The van der Waals surface area contributed by atoms with Gasteiger partial charge in [0.05, 0.1) is 6.54 Å². The van der Waals surface area contributed by atoms with Crippen LogP contribution >= 0.6 is 0 Å². The van der Waals surface area contributed by atoms with Gasteiger partial charge in [-0.05, 0) is 41.7 Å². The number of amides is 8. The lowest BCUT2D eigenvalue weighted by molar-refractivity contribution is -0.141. The molecule has 0 fully saturated rings. The van der Waals surface area contributed by atoms with Crippen molar-refractivity contribution < 1.29 is 63.3 Å². The van der Waals surface area contributed by atoms with Crippen LogP contribution < -0.4 is 42.5 Å². The maximum Gasteiger partial charge on any atom is 0.326 e. The molecule has 0 radical (unpaired) electrons. The number of rotatable bonds is 28. The highest BCUT2D eigenvalue weighted by atomic mass is 16.4. The lowest BCUT2D eigenvalue weighted by Gasteiger charge is -2.23. The van der Waals surface area contributed by atoms with Gasteiger partial charge in [0.15, 0.2) is 0 Å². The fourth-order valence-corrected chi connectivity index (χ4v) is 6.83. The number of urea groups is 1. The van der Waals surface area contributed by atoms with Crippen molar-refractivity contribution in [2.24, 2.45) is 0 Å². The fraction of sp³-hybridized carbons (Fsp3) is 0.306. The Morgan fingerprint density at radius 3 is 1.29 bits per heavy atom. The van der Waals surface area contributed by atoms with Crippen molar-refractivity contribution >= 4 is 59.4 Å². The molecule has 0 spiro atoms. The molecule has 11 N–H and O–H groups in total. The average Bonchev–Trinajstić information content (AvgIpc) is 3.34. The van der Waals surface area contributed by atoms with Crippen LogP contribution in [0.1, 0.15) is 52.7 Å². The molecule has 0 heterocycles. The quantitative estimate of drug-likeness (QED) is 0.0350. The summed E-state index contributed by atoms with van der Waals surface area (Å²) < 4.78 is 0. The molecule has 0 saturated carbocycles. The van der Waals surface area contributed by atoms with Gasteiger partial charge < -0.3 is 57.9 Å². The number of carboxylic acid groups (broad SMARTS) is 3. The van der Waals surface area contributed by atoms with E-state index in [1.807, 2.05) is 23.5 Å². The Balaban J connectivity index is 1.31. The highest BCUT2D eigenvalue weighted by Crippen LogP contribution is 2.10. The van der Waals surface area contributed by atoms with Gasteiger partial charge in [0.1, 0.15) is 30.2 Å². The van der Waals surface area contributed by atoms with Crippen LogP contribution in [0.25, 0.3) is 0 Å². The van der Waals surface area contributed by atoms with Crippen molar-refractivity contribution in [2.45, 2.75) is 75.2 Å². The molecular weight excluding hydrogens is 909 g/mol. The predicted molar refractivity (Wildman–Crippen MR) is 252 cm³/mol. The van der Waals surface area contributed by atoms with E-state index in [4.69, 9.17) is 5.11 Å². The summed E-state index contributed by atoms with van der Waals surface area (Å²) >= 11 is 0. The second-order valence-electron chi connectivity index (χ2n) is 15.9. The Hall–Kier alpha value is -8.62. The number of carbonyl (C=O) groups excluding carboxylic acids is 7. The van der Waals surface area contributed by atoms with Gasteiger partial charge in [-0.15, -0.1) is 0 Å². The second kappa shape index (κ2) is 28.5. The molecule has 70 heavy (non-hydrogen) atoms. The Morgan fingerprint density at radius 1 is 0.400 bits per heavy atom. The van der Waals surface area contributed by atoms with Crippen LogP contribution in [0.3, 0.4) is 0 Å². The summed E-state index contributed by atoms with van der Waals surface area (Å²) in [5.74, 6) is -8.23. The lowest BCUT2D eigenvalue weighted by atomic mass is 10.0. The van der Waals surface area contributed by atoms with Gasteiger partial charge in [-0.2, -0.15) is 0 Å². The Labute approximate surface area is 402 Å². The van der Waals surface area contributed by atoms with E-state index in [1.54, 1.807) is 103 Å². The van der Waals surface area contributed by atoms with E-state index in [0.29, 0.717) is 16.7 Å². The maximum atomic E-state index is 13.9. The van der Waals surface area contributed by atoms with Crippen molar-refractivity contribution in [1.29, 1.82) is 0 Å². The van der Waals surface area contributed by atoms with E-state index in [0.717, 1.165) is 5.56 Å². The number of hydrogen-bond acceptors (Lipinski definition) is 10. The van der Waals surface area contributed by atoms with Crippen LogP contribution in [0.4, 0.5) is 4.79 Å². The minimum atomic E-state index is -1.67. The molecule has 0 bridgehead atoms. The molecule has 4 rings (SSSR count). The van der Waals surface area contributed by atoms with Gasteiger partial charge in [-0.25, -0.2) is 14.4 Å². The molecule has 0 saturated heterocycles. The van der Waals surface area contributed by atoms with Crippen LogP contribution in [0.15, 0.2) is 121 Å². The summed E-state index contributed by atoms with van der Waals surface area (Å²) in [6.07, 6.45) is -1.82. The first-order valence-corrected chi connectivity index (χ1v) is 22.2. The molecule has 8 amide bonds. The largest absolute Gasteiger partial charge is 0.481 e. The minimum absolute atomic E-state index is 0.0137. The number of benzene rings is 4. The topological polar surface area (TPSA) is 328 Å². The van der Waals surface area contributed by atoms with Gasteiger partial charge in [-0.1, -0.05) is 109 Å². The first-order chi connectivity index (χ1) is 33.6. The number of nitrogens with one attached hydrogen (secondary N) is 8. The predicted octanol–water partition coefficient (Wildman–Crippen LogP) is 0.682. The van der Waals surface area contributed by atoms with Crippen molar-refractivity contribution in [3.05, 3.63) is 144 Å². The molecule has 4 aromatic carbocycles. The Bertz CT molecular complexity index is 2410. The third-order valence-electron chi connectivity index (χ3n) is 10.5. The van der Waals surface area contributed by atoms with Crippen LogP contribution in [0.2, 0.25) is 0 Å². The highest BCUT2D eigenvalue weighted by molar-refractivity contribution is 5.99. The SMILES string of the molecule is O=C(O)CC[C@H](NC(=O)N[C@@H](CCC(=O)N[C@@H](Cc1ccccc1)C(=O)NCCNC(=O)CNC(=O)[C@H](Cc1ccccc1)NC(=O)[C@H](Cc1ccccc1)NC(=O)c1ccccc1)C(=O)O)C(=O)O. The molecule has 21 heteroatoms. The zero-order valence-electron chi connectivity index (χ0n) is 37.9. The van der Waals surface area contributed by atoms with Crippen LogP contribution in [-0.4, -0.2) is 125 Å². The van der Waals surface area contributed by atoms with Gasteiger partial charge >= 0.3 is 23.9 Å². The first kappa shape index (κ1) is 54.0. The molecule has 0 aliphatic carbocycles. The summed E-state index contributed by atoms with van der Waals surface area (Å²) in [5, 5.41) is 47.7. The monoisotopic (exact) mass is 964 g/mol. The molecule has 0 aliphatic heterocycles. The van der Waals surface area contributed by atoms with Crippen molar-refractivity contribution in [3.8, 4) is 0 Å². The van der Waals surface area contributed by atoms with Crippen molar-refractivity contribution in [1.82, 2.24) is 42.5 Å². The highest BCUT2D eigenvalue weighted by Gasteiger charge is 2.29. The van der Waals surface area contributed by atoms with Gasteiger partial charge in [-0.3, -0.25) is 33.6 Å². The molecule has 0 aromatic heterocycles. The Kier molecular flexibility index (Phi) is 22.0. The summed E-state index contributed by atoms with van der Waals surface area (Å²) in [7, 11) is 0. The van der Waals surface area contributed by atoms with Crippen molar-refractivity contribution in [2.75, 3.05) is 19.6 Å². The summed E-state index contributed by atoms with van der Waals surface area (Å²) in [6.45, 7) is -0.725. The van der Waals surface area contributed by atoms with E-state index in [2.05, 4.69) is 37.2 Å². The number of carbonyl (C=O) groups is 10. The first-order valence-electron chi connectivity index (χ1n) is 22.2. The third kappa shape index (κ3) is 19.7. The van der Waals surface area contributed by atoms with Crippen LogP contribution in [0, 0.1) is 0 Å². The summed E-state index contributed by atoms with van der Waals surface area (Å²) in [6, 6.07) is 27.0. The zero-order chi connectivity index (χ0) is 50.8. The molecule has 5 atom stereocenters. The molecule has 0 aliphatic rings. The van der Waals surface area contributed by atoms with E-state index in [-0.39, 0.29) is 32.4 Å². The average molecular weight is 965 g/mol. The second-order valence-corrected chi connectivity index (χ2v) is 15.9. The molecule has 21 nitrogen and oxygen atoms in total. The minimum Gasteiger partial charge on any atom is -0.481 e. The number of hydrogen-bond donors (Lipinski definition) is 11. The van der Waals surface area contributed by atoms with E-state index in [1.165, 1.54) is 0 Å². The molecule has 370 valence electrons. The van der Waals surface area contributed by atoms with E-state index >= 15 is 0 Å². The normalized spacial score (nSPS) is 12.7. The van der Waals surface area contributed by atoms with Crippen LogP contribution in [0.5, 0.6) is 0 Å². The van der Waals surface area contributed by atoms with Crippen LogP contribution in [-0.2, 0) is 57.6 Å². The van der Waals surface area contributed by atoms with E-state index in [9.17, 15) is 58.2 Å². The number of aliphatic carboxylic acids is 3. The lowest BCUT2D eigenvalue weighted by Crippen LogP contribution is -2.56. The third-order valence-corrected chi connectivity index (χ3v) is 10.5. The van der Waals surface area contributed by atoms with Gasteiger partial charge in [0.25, 0.3) is 5.91 Å². The Morgan fingerprint density at radius 2 is 0.814 bits per heavy atom. The van der Waals surface area contributed by atoms with Gasteiger partial charge in [0, 0.05) is 50.8 Å². The molecular formula is C49H56N8O13. The van der Waals surface area contributed by atoms with E-state index < -0.39 is 122 Å². The summed E-state index contributed by atoms with van der Waals surface area (Å²) in [5.41, 5.74) is 2.48.